The Morgan fingerprint density at radius 3 is 2.91 bits per heavy atom. The van der Waals surface area contributed by atoms with Gasteiger partial charge in [0.25, 0.3) is 5.91 Å². The van der Waals surface area contributed by atoms with Crippen LogP contribution >= 0.6 is 0 Å². The van der Waals surface area contributed by atoms with Gasteiger partial charge >= 0.3 is 0 Å². The van der Waals surface area contributed by atoms with Gasteiger partial charge in [0.05, 0.1) is 17.5 Å². The molecule has 0 atom stereocenters. The Kier molecular flexibility index (Phi) is 4.39. The van der Waals surface area contributed by atoms with Gasteiger partial charge in [0.15, 0.2) is 5.82 Å². The first-order valence-electron chi connectivity index (χ1n) is 7.42. The second kappa shape index (κ2) is 6.62. The van der Waals surface area contributed by atoms with E-state index in [0.29, 0.717) is 17.2 Å². The molecule has 6 heteroatoms. The normalized spacial score (nSPS) is 15.8. The molecule has 0 unspecified atom stereocenters. The van der Waals surface area contributed by atoms with E-state index in [1.807, 2.05) is 6.07 Å². The van der Waals surface area contributed by atoms with Gasteiger partial charge < -0.3 is 19.7 Å². The van der Waals surface area contributed by atoms with E-state index in [9.17, 15) is 9.90 Å². The zero-order chi connectivity index (χ0) is 15.4. The SMILES string of the molecule is O=C(Nc1cccnc1N1CCC(CO)CC1)c1ccoc1. The molecule has 0 saturated carbocycles. The van der Waals surface area contributed by atoms with Gasteiger partial charge in [0.2, 0.25) is 0 Å². The van der Waals surface area contributed by atoms with E-state index >= 15 is 0 Å². The fraction of sp³-hybridized carbons (Fsp3) is 0.375. The summed E-state index contributed by atoms with van der Waals surface area (Å²) in [6.07, 6.45) is 6.47. The molecule has 0 spiro atoms. The van der Waals surface area contributed by atoms with Crippen molar-refractivity contribution in [1.29, 1.82) is 0 Å². The lowest BCUT2D eigenvalue weighted by molar-refractivity contribution is 0.102. The van der Waals surface area contributed by atoms with Gasteiger partial charge in [-0.15, -0.1) is 0 Å². The number of aromatic nitrogens is 1. The number of aliphatic hydroxyl groups excluding tert-OH is 1. The highest BCUT2D eigenvalue weighted by atomic mass is 16.3. The van der Waals surface area contributed by atoms with Crippen LogP contribution in [0.2, 0.25) is 0 Å². The van der Waals surface area contributed by atoms with Gasteiger partial charge in [-0.25, -0.2) is 4.98 Å². The summed E-state index contributed by atoms with van der Waals surface area (Å²) in [5, 5.41) is 12.1. The van der Waals surface area contributed by atoms with Gasteiger partial charge in [0, 0.05) is 25.9 Å². The van der Waals surface area contributed by atoms with Gasteiger partial charge in [0.1, 0.15) is 6.26 Å². The lowest BCUT2D eigenvalue weighted by Gasteiger charge is -2.33. The molecular weight excluding hydrogens is 282 g/mol. The molecule has 3 rings (SSSR count). The largest absolute Gasteiger partial charge is 0.472 e. The number of hydrogen-bond acceptors (Lipinski definition) is 5. The molecule has 1 saturated heterocycles. The van der Waals surface area contributed by atoms with E-state index in [0.717, 1.165) is 31.7 Å². The number of furan rings is 1. The summed E-state index contributed by atoms with van der Waals surface area (Å²) in [6, 6.07) is 5.27. The van der Waals surface area contributed by atoms with Crippen LogP contribution in [0.4, 0.5) is 11.5 Å². The van der Waals surface area contributed by atoms with Gasteiger partial charge in [-0.2, -0.15) is 0 Å². The molecule has 0 radical (unpaired) electrons. The standard InChI is InChI=1S/C16H19N3O3/c20-10-12-3-7-19(8-4-12)15-14(2-1-6-17-15)18-16(21)13-5-9-22-11-13/h1-2,5-6,9,11-12,20H,3-4,7-8,10H2,(H,18,21). The Balaban J connectivity index is 1.74. The van der Waals surface area contributed by atoms with Crippen molar-refractivity contribution in [3.8, 4) is 0 Å². The van der Waals surface area contributed by atoms with E-state index in [1.54, 1.807) is 18.3 Å². The molecule has 3 heterocycles. The molecule has 1 fully saturated rings. The van der Waals surface area contributed by atoms with Crippen molar-refractivity contribution >= 4 is 17.4 Å². The van der Waals surface area contributed by atoms with Crippen molar-refractivity contribution in [3.05, 3.63) is 42.5 Å². The number of nitrogens with zero attached hydrogens (tertiary/aromatic N) is 2. The summed E-state index contributed by atoms with van der Waals surface area (Å²) in [7, 11) is 0. The van der Waals surface area contributed by atoms with Crippen molar-refractivity contribution < 1.29 is 14.3 Å². The van der Waals surface area contributed by atoms with E-state index in [2.05, 4.69) is 15.2 Å². The number of pyridine rings is 1. The third kappa shape index (κ3) is 3.12. The lowest BCUT2D eigenvalue weighted by atomic mass is 9.98. The molecule has 116 valence electrons. The van der Waals surface area contributed by atoms with E-state index in [1.165, 1.54) is 12.5 Å². The third-order valence-corrected chi connectivity index (χ3v) is 3.99. The molecule has 1 aliphatic heterocycles. The summed E-state index contributed by atoms with van der Waals surface area (Å²) < 4.78 is 4.93. The highest BCUT2D eigenvalue weighted by Crippen LogP contribution is 2.27. The fourth-order valence-corrected chi connectivity index (χ4v) is 2.66. The Labute approximate surface area is 128 Å². The maximum atomic E-state index is 12.2. The number of carbonyl (C=O) groups excluding carboxylic acids is 1. The maximum absolute atomic E-state index is 12.2. The van der Waals surface area contributed by atoms with Crippen LogP contribution in [0, 0.1) is 5.92 Å². The quantitative estimate of drug-likeness (QED) is 0.904. The number of aliphatic hydroxyl groups is 1. The molecule has 0 bridgehead atoms. The number of anilines is 2. The molecule has 1 amide bonds. The van der Waals surface area contributed by atoms with Gasteiger partial charge in [-0.05, 0) is 37.0 Å². The molecule has 2 aromatic heterocycles. The minimum Gasteiger partial charge on any atom is -0.472 e. The zero-order valence-corrected chi connectivity index (χ0v) is 12.2. The highest BCUT2D eigenvalue weighted by Gasteiger charge is 2.22. The lowest BCUT2D eigenvalue weighted by Crippen LogP contribution is -2.35. The van der Waals surface area contributed by atoms with Crippen molar-refractivity contribution in [2.24, 2.45) is 5.92 Å². The summed E-state index contributed by atoms with van der Waals surface area (Å²) in [6.45, 7) is 1.90. The second-order valence-electron chi connectivity index (χ2n) is 5.45. The predicted molar refractivity (Wildman–Crippen MR) is 82.9 cm³/mol. The van der Waals surface area contributed by atoms with Crippen LogP contribution in [-0.2, 0) is 0 Å². The molecule has 22 heavy (non-hydrogen) atoms. The van der Waals surface area contributed by atoms with Crippen LogP contribution in [0.15, 0.2) is 41.3 Å². The van der Waals surface area contributed by atoms with E-state index < -0.39 is 0 Å². The Bertz CT molecular complexity index is 619. The number of amides is 1. The van der Waals surface area contributed by atoms with Crippen molar-refractivity contribution in [3.63, 3.8) is 0 Å². The van der Waals surface area contributed by atoms with Crippen molar-refractivity contribution in [2.75, 3.05) is 29.9 Å². The Hall–Kier alpha value is -2.34. The molecule has 0 aliphatic carbocycles. The van der Waals surface area contributed by atoms with Crippen LogP contribution in [-0.4, -0.2) is 35.7 Å². The topological polar surface area (TPSA) is 78.6 Å². The van der Waals surface area contributed by atoms with E-state index in [4.69, 9.17) is 4.42 Å². The molecule has 6 nitrogen and oxygen atoms in total. The smallest absolute Gasteiger partial charge is 0.259 e. The summed E-state index contributed by atoms with van der Waals surface area (Å²) in [5.41, 5.74) is 1.17. The minimum absolute atomic E-state index is 0.215. The van der Waals surface area contributed by atoms with Crippen LogP contribution in [0.25, 0.3) is 0 Å². The average Bonchev–Trinajstić information content (AvgIpc) is 3.10. The molecule has 1 aliphatic rings. The minimum atomic E-state index is -0.215. The van der Waals surface area contributed by atoms with Gasteiger partial charge in [-0.1, -0.05) is 0 Å². The summed E-state index contributed by atoms with van der Waals surface area (Å²) in [5.74, 6) is 0.924. The molecule has 0 aromatic carbocycles. The van der Waals surface area contributed by atoms with Crippen molar-refractivity contribution in [1.82, 2.24) is 4.98 Å². The maximum Gasteiger partial charge on any atom is 0.259 e. The first kappa shape index (κ1) is 14.6. The van der Waals surface area contributed by atoms with E-state index in [-0.39, 0.29) is 12.5 Å². The molecular formula is C16H19N3O3. The van der Waals surface area contributed by atoms with Crippen LogP contribution in [0.1, 0.15) is 23.2 Å². The second-order valence-corrected chi connectivity index (χ2v) is 5.45. The third-order valence-electron chi connectivity index (χ3n) is 3.99. The van der Waals surface area contributed by atoms with Crippen LogP contribution < -0.4 is 10.2 Å². The number of rotatable bonds is 4. The monoisotopic (exact) mass is 301 g/mol. The first-order chi connectivity index (χ1) is 10.8. The first-order valence-corrected chi connectivity index (χ1v) is 7.42. The Morgan fingerprint density at radius 2 is 2.23 bits per heavy atom. The average molecular weight is 301 g/mol. The number of nitrogens with one attached hydrogen (secondary N) is 1. The highest BCUT2D eigenvalue weighted by molar-refractivity contribution is 6.05. The van der Waals surface area contributed by atoms with Gasteiger partial charge in [-0.3, -0.25) is 4.79 Å². The number of piperidine rings is 1. The number of hydrogen-bond donors (Lipinski definition) is 2. The molecule has 2 N–H and O–H groups in total. The predicted octanol–water partition coefficient (Wildman–Crippen LogP) is 2.14. The van der Waals surface area contributed by atoms with Crippen molar-refractivity contribution in [2.45, 2.75) is 12.8 Å². The Morgan fingerprint density at radius 1 is 1.41 bits per heavy atom. The molecule has 2 aromatic rings. The number of carbonyl (C=O) groups is 1. The summed E-state index contributed by atoms with van der Waals surface area (Å²) in [4.78, 5) is 18.7. The fourth-order valence-electron chi connectivity index (χ4n) is 2.66. The zero-order valence-electron chi connectivity index (χ0n) is 12.2. The summed E-state index contributed by atoms with van der Waals surface area (Å²) >= 11 is 0. The van der Waals surface area contributed by atoms with Crippen LogP contribution in [0.5, 0.6) is 0 Å². The van der Waals surface area contributed by atoms with Crippen LogP contribution in [0.3, 0.4) is 0 Å².